The van der Waals surface area contributed by atoms with E-state index < -0.39 is 0 Å². The van der Waals surface area contributed by atoms with Crippen molar-refractivity contribution in [1.82, 2.24) is 4.90 Å². The number of likely N-dealkylation sites (N-methyl/N-ethyl adjacent to an activating group) is 1. The second kappa shape index (κ2) is 9.44. The molecule has 0 aromatic heterocycles. The van der Waals surface area contributed by atoms with Crippen molar-refractivity contribution in [2.45, 2.75) is 38.0 Å². The van der Waals surface area contributed by atoms with E-state index in [1.54, 1.807) is 25.2 Å². The van der Waals surface area contributed by atoms with Crippen LogP contribution in [0, 0.1) is 0 Å². The van der Waals surface area contributed by atoms with E-state index in [4.69, 9.17) is 23.2 Å². The van der Waals surface area contributed by atoms with Gasteiger partial charge in [-0.15, -0.1) is 0 Å². The summed E-state index contributed by atoms with van der Waals surface area (Å²) in [6.45, 7) is -0.0925. The molecule has 0 spiro atoms. The van der Waals surface area contributed by atoms with Crippen LogP contribution >= 0.6 is 23.2 Å². The van der Waals surface area contributed by atoms with Crippen LogP contribution in [0.5, 0.6) is 0 Å². The molecule has 28 heavy (non-hydrogen) atoms. The molecule has 2 amide bonds. The second-order valence-corrected chi connectivity index (χ2v) is 8.08. The van der Waals surface area contributed by atoms with Crippen molar-refractivity contribution in [1.29, 1.82) is 0 Å². The molecule has 4 nitrogen and oxygen atoms in total. The standard InChI is InChI=1S/C22H24Cl2N2O2/c1-26(14-20(27)25-21-18(23)8-5-9-19(21)24)22(28)17-12-10-16(11-13-17)15-6-3-2-4-7-15/h5,8-13,15H,2-4,6-7,14H2,1H3,(H,25,27). The molecule has 2 aromatic rings. The van der Waals surface area contributed by atoms with Gasteiger partial charge in [-0.1, -0.05) is 60.7 Å². The van der Waals surface area contributed by atoms with Gasteiger partial charge >= 0.3 is 0 Å². The Morgan fingerprint density at radius 3 is 2.21 bits per heavy atom. The third-order valence-electron chi connectivity index (χ3n) is 5.19. The molecule has 0 radical (unpaired) electrons. The maximum absolute atomic E-state index is 12.6. The number of para-hydroxylation sites is 1. The van der Waals surface area contributed by atoms with Crippen molar-refractivity contribution in [3.63, 3.8) is 0 Å². The van der Waals surface area contributed by atoms with Crippen molar-refractivity contribution in [3.8, 4) is 0 Å². The first-order valence-corrected chi connectivity index (χ1v) is 10.3. The van der Waals surface area contributed by atoms with Crippen molar-refractivity contribution in [2.24, 2.45) is 0 Å². The third kappa shape index (κ3) is 5.06. The summed E-state index contributed by atoms with van der Waals surface area (Å²) in [4.78, 5) is 26.3. The largest absolute Gasteiger partial charge is 0.332 e. The van der Waals surface area contributed by atoms with Gasteiger partial charge in [0, 0.05) is 12.6 Å². The summed E-state index contributed by atoms with van der Waals surface area (Å²) in [5, 5.41) is 3.38. The first-order chi connectivity index (χ1) is 13.5. The van der Waals surface area contributed by atoms with Crippen LogP contribution in [0.2, 0.25) is 10.0 Å². The van der Waals surface area contributed by atoms with Crippen LogP contribution in [0.15, 0.2) is 42.5 Å². The zero-order chi connectivity index (χ0) is 20.1. The highest BCUT2D eigenvalue weighted by atomic mass is 35.5. The van der Waals surface area contributed by atoms with E-state index in [-0.39, 0.29) is 18.4 Å². The Bertz CT molecular complexity index is 826. The zero-order valence-corrected chi connectivity index (χ0v) is 17.4. The number of anilines is 1. The maximum Gasteiger partial charge on any atom is 0.254 e. The minimum Gasteiger partial charge on any atom is -0.332 e. The predicted molar refractivity (Wildman–Crippen MR) is 114 cm³/mol. The first-order valence-electron chi connectivity index (χ1n) is 9.55. The highest BCUT2D eigenvalue weighted by molar-refractivity contribution is 6.39. The fraction of sp³-hybridized carbons (Fsp3) is 0.364. The van der Waals surface area contributed by atoms with Gasteiger partial charge in [0.2, 0.25) is 5.91 Å². The van der Waals surface area contributed by atoms with Gasteiger partial charge in [-0.3, -0.25) is 9.59 Å². The summed E-state index contributed by atoms with van der Waals surface area (Å²) in [6.07, 6.45) is 6.31. The lowest BCUT2D eigenvalue weighted by Crippen LogP contribution is -2.35. The Kier molecular flexibility index (Phi) is 6.97. The molecule has 0 saturated heterocycles. The Morgan fingerprint density at radius 2 is 1.61 bits per heavy atom. The molecular formula is C22H24Cl2N2O2. The topological polar surface area (TPSA) is 49.4 Å². The number of benzene rings is 2. The molecule has 0 bridgehead atoms. The molecule has 0 aliphatic heterocycles. The van der Waals surface area contributed by atoms with Gasteiger partial charge < -0.3 is 10.2 Å². The molecule has 1 fully saturated rings. The number of rotatable bonds is 5. The maximum atomic E-state index is 12.6. The minimum atomic E-state index is -0.357. The minimum absolute atomic E-state index is 0.0925. The van der Waals surface area contributed by atoms with Crippen molar-refractivity contribution in [3.05, 3.63) is 63.6 Å². The number of amides is 2. The Morgan fingerprint density at radius 1 is 1.00 bits per heavy atom. The molecular weight excluding hydrogens is 395 g/mol. The van der Waals surface area contributed by atoms with E-state index in [0.717, 1.165) is 0 Å². The van der Waals surface area contributed by atoms with Crippen LogP contribution in [-0.4, -0.2) is 30.3 Å². The average Bonchev–Trinajstić information content (AvgIpc) is 2.71. The SMILES string of the molecule is CN(CC(=O)Nc1c(Cl)cccc1Cl)C(=O)c1ccc(C2CCCCC2)cc1. The molecule has 0 heterocycles. The molecule has 1 aliphatic carbocycles. The van der Waals surface area contributed by atoms with Gasteiger partial charge in [0.05, 0.1) is 22.3 Å². The van der Waals surface area contributed by atoms with Crippen molar-refractivity contribution < 1.29 is 9.59 Å². The molecule has 1 N–H and O–H groups in total. The number of carbonyl (C=O) groups excluding carboxylic acids is 2. The van der Waals surface area contributed by atoms with Crippen LogP contribution in [0.4, 0.5) is 5.69 Å². The molecule has 0 unspecified atom stereocenters. The van der Waals surface area contributed by atoms with Crippen LogP contribution in [0.25, 0.3) is 0 Å². The van der Waals surface area contributed by atoms with Gasteiger partial charge in [0.1, 0.15) is 0 Å². The molecule has 0 atom stereocenters. The lowest BCUT2D eigenvalue weighted by atomic mass is 9.84. The third-order valence-corrected chi connectivity index (χ3v) is 5.82. The van der Waals surface area contributed by atoms with Gasteiger partial charge in [-0.25, -0.2) is 0 Å². The molecule has 1 aliphatic rings. The molecule has 148 valence electrons. The highest BCUT2D eigenvalue weighted by Crippen LogP contribution is 2.32. The van der Waals surface area contributed by atoms with Gasteiger partial charge in [-0.05, 0) is 48.6 Å². The number of halogens is 2. The lowest BCUT2D eigenvalue weighted by molar-refractivity contribution is -0.116. The van der Waals surface area contributed by atoms with Crippen molar-refractivity contribution >= 4 is 40.7 Å². The molecule has 1 saturated carbocycles. The average molecular weight is 419 g/mol. The summed E-state index contributed by atoms with van der Waals surface area (Å²) in [5.74, 6) is 0.0436. The highest BCUT2D eigenvalue weighted by Gasteiger charge is 2.19. The monoisotopic (exact) mass is 418 g/mol. The molecule has 6 heteroatoms. The van der Waals surface area contributed by atoms with Crippen LogP contribution < -0.4 is 5.32 Å². The molecule has 3 rings (SSSR count). The first kappa shape index (κ1) is 20.7. The van der Waals surface area contributed by atoms with Crippen LogP contribution in [0.3, 0.4) is 0 Å². The van der Waals surface area contributed by atoms with E-state index in [1.165, 1.54) is 42.6 Å². The summed E-state index contributed by atoms with van der Waals surface area (Å²) in [6, 6.07) is 12.8. The number of nitrogens with one attached hydrogen (secondary N) is 1. The van der Waals surface area contributed by atoms with E-state index in [2.05, 4.69) is 5.32 Å². The normalized spacial score (nSPS) is 14.5. The van der Waals surface area contributed by atoms with E-state index in [9.17, 15) is 9.59 Å². The van der Waals surface area contributed by atoms with Crippen LogP contribution in [-0.2, 0) is 4.79 Å². The van der Waals surface area contributed by atoms with E-state index >= 15 is 0 Å². The Balaban J connectivity index is 1.60. The summed E-state index contributed by atoms with van der Waals surface area (Å²) >= 11 is 12.1. The van der Waals surface area contributed by atoms with E-state index in [0.29, 0.717) is 27.2 Å². The Labute approximate surface area is 175 Å². The number of carbonyl (C=O) groups is 2. The van der Waals surface area contributed by atoms with Gasteiger partial charge in [0.15, 0.2) is 0 Å². The quantitative estimate of drug-likeness (QED) is 0.671. The smallest absolute Gasteiger partial charge is 0.254 e. The lowest BCUT2D eigenvalue weighted by Gasteiger charge is -2.22. The van der Waals surface area contributed by atoms with Crippen molar-refractivity contribution in [2.75, 3.05) is 18.9 Å². The summed E-state index contributed by atoms with van der Waals surface area (Å²) < 4.78 is 0. The second-order valence-electron chi connectivity index (χ2n) is 7.26. The van der Waals surface area contributed by atoms with Gasteiger partial charge in [0.25, 0.3) is 5.91 Å². The fourth-order valence-corrected chi connectivity index (χ4v) is 4.13. The van der Waals surface area contributed by atoms with Crippen LogP contribution in [0.1, 0.15) is 53.9 Å². The number of nitrogens with zero attached hydrogens (tertiary/aromatic N) is 1. The number of hydrogen-bond donors (Lipinski definition) is 1. The molecule has 2 aromatic carbocycles. The Hall–Kier alpha value is -2.04. The zero-order valence-electron chi connectivity index (χ0n) is 15.9. The fourth-order valence-electron chi connectivity index (χ4n) is 3.64. The summed E-state index contributed by atoms with van der Waals surface area (Å²) in [7, 11) is 1.60. The van der Waals surface area contributed by atoms with Gasteiger partial charge in [-0.2, -0.15) is 0 Å². The predicted octanol–water partition coefficient (Wildman–Crippen LogP) is 5.75. The summed E-state index contributed by atoms with van der Waals surface area (Å²) in [5.41, 5.74) is 2.23. The number of hydrogen-bond acceptors (Lipinski definition) is 2. The van der Waals surface area contributed by atoms with E-state index in [1.807, 2.05) is 24.3 Å².